The lowest BCUT2D eigenvalue weighted by Crippen LogP contribution is -2.38. The van der Waals surface area contributed by atoms with Crippen molar-refractivity contribution in [3.63, 3.8) is 0 Å². The molecule has 1 heterocycles. The van der Waals surface area contributed by atoms with Crippen LogP contribution in [0.4, 0.5) is 10.5 Å². The Labute approximate surface area is 144 Å². The lowest BCUT2D eigenvalue weighted by Gasteiger charge is -2.22. The summed E-state index contributed by atoms with van der Waals surface area (Å²) in [5, 5.41) is 6.75. The molecule has 1 aromatic heterocycles. The minimum Gasteiger partial charge on any atom is -0.444 e. The zero-order valence-electron chi connectivity index (χ0n) is 13.0. The standard InChI is InChI=1S/C15H21BrClN3O2/c1-15(2,3)22-14(21)20-11-5-4-10(7-11)19-12-6-9(16)8-18-13(12)17/h6,8,10-11,19H,4-5,7H2,1-3H3,(H,20,21). The second kappa shape index (κ2) is 7.04. The summed E-state index contributed by atoms with van der Waals surface area (Å²) in [6.45, 7) is 5.57. The van der Waals surface area contributed by atoms with Crippen LogP contribution in [-0.4, -0.2) is 28.8 Å². The molecule has 1 fully saturated rings. The van der Waals surface area contributed by atoms with Gasteiger partial charge in [-0.2, -0.15) is 0 Å². The highest BCUT2D eigenvalue weighted by Crippen LogP contribution is 2.28. The molecule has 2 rings (SSSR count). The van der Waals surface area contributed by atoms with E-state index in [0.717, 1.165) is 29.4 Å². The van der Waals surface area contributed by atoms with Crippen LogP contribution in [-0.2, 0) is 4.74 Å². The van der Waals surface area contributed by atoms with Crippen molar-refractivity contribution in [3.05, 3.63) is 21.9 Å². The molecule has 2 atom stereocenters. The normalized spacial score (nSPS) is 21.5. The smallest absolute Gasteiger partial charge is 0.407 e. The van der Waals surface area contributed by atoms with Crippen LogP contribution in [0.2, 0.25) is 5.15 Å². The summed E-state index contributed by atoms with van der Waals surface area (Å²) in [7, 11) is 0. The molecule has 2 unspecified atom stereocenters. The number of amides is 1. The van der Waals surface area contributed by atoms with Gasteiger partial charge in [0.05, 0.1) is 5.69 Å². The maximum atomic E-state index is 11.8. The van der Waals surface area contributed by atoms with E-state index in [1.807, 2.05) is 26.8 Å². The molecule has 5 nitrogen and oxygen atoms in total. The zero-order chi connectivity index (χ0) is 16.3. The molecule has 1 amide bonds. The number of nitrogens with one attached hydrogen (secondary N) is 2. The van der Waals surface area contributed by atoms with E-state index in [1.54, 1.807) is 6.20 Å². The van der Waals surface area contributed by atoms with E-state index >= 15 is 0 Å². The quantitative estimate of drug-likeness (QED) is 0.753. The lowest BCUT2D eigenvalue weighted by atomic mass is 10.2. The molecule has 1 aromatic rings. The van der Waals surface area contributed by atoms with Gasteiger partial charge in [0.15, 0.2) is 5.15 Å². The molecular weight excluding hydrogens is 370 g/mol. The van der Waals surface area contributed by atoms with Crippen molar-refractivity contribution in [2.45, 2.75) is 57.7 Å². The second-order valence-electron chi connectivity index (χ2n) is 6.49. The highest BCUT2D eigenvalue weighted by molar-refractivity contribution is 9.10. The number of hydrogen-bond donors (Lipinski definition) is 2. The first-order valence-electron chi connectivity index (χ1n) is 7.30. The zero-order valence-corrected chi connectivity index (χ0v) is 15.3. The molecule has 0 saturated heterocycles. The van der Waals surface area contributed by atoms with E-state index in [2.05, 4.69) is 31.5 Å². The number of hydrogen-bond acceptors (Lipinski definition) is 4. The summed E-state index contributed by atoms with van der Waals surface area (Å²) < 4.78 is 6.16. The van der Waals surface area contributed by atoms with Crippen LogP contribution >= 0.6 is 27.5 Å². The number of halogens is 2. The number of carbonyl (C=O) groups is 1. The summed E-state index contributed by atoms with van der Waals surface area (Å²) in [5.74, 6) is 0. The number of aromatic nitrogens is 1. The van der Waals surface area contributed by atoms with Gasteiger partial charge in [0, 0.05) is 22.8 Å². The van der Waals surface area contributed by atoms with Crippen molar-refractivity contribution in [1.82, 2.24) is 10.3 Å². The van der Waals surface area contributed by atoms with Crippen molar-refractivity contribution in [3.8, 4) is 0 Å². The van der Waals surface area contributed by atoms with E-state index in [9.17, 15) is 4.79 Å². The number of nitrogens with zero attached hydrogens (tertiary/aromatic N) is 1. The topological polar surface area (TPSA) is 63.2 Å². The maximum Gasteiger partial charge on any atom is 0.407 e. The van der Waals surface area contributed by atoms with Gasteiger partial charge in [-0.1, -0.05) is 11.6 Å². The maximum absolute atomic E-state index is 11.8. The average Bonchev–Trinajstić information content (AvgIpc) is 2.78. The fourth-order valence-corrected chi connectivity index (χ4v) is 2.95. The Morgan fingerprint density at radius 2 is 2.09 bits per heavy atom. The fourth-order valence-electron chi connectivity index (χ4n) is 2.46. The molecule has 122 valence electrons. The molecule has 1 saturated carbocycles. The van der Waals surface area contributed by atoms with Gasteiger partial charge in [0.25, 0.3) is 0 Å². The Morgan fingerprint density at radius 3 is 2.77 bits per heavy atom. The van der Waals surface area contributed by atoms with Crippen LogP contribution in [0.1, 0.15) is 40.0 Å². The van der Waals surface area contributed by atoms with Gasteiger partial charge >= 0.3 is 6.09 Å². The van der Waals surface area contributed by atoms with Crippen LogP contribution in [0.3, 0.4) is 0 Å². The highest BCUT2D eigenvalue weighted by atomic mass is 79.9. The van der Waals surface area contributed by atoms with Crippen molar-refractivity contribution in [2.24, 2.45) is 0 Å². The molecule has 0 bridgehead atoms. The Morgan fingerprint density at radius 1 is 1.41 bits per heavy atom. The average molecular weight is 391 g/mol. The second-order valence-corrected chi connectivity index (χ2v) is 7.76. The van der Waals surface area contributed by atoms with Crippen molar-refractivity contribution in [1.29, 1.82) is 0 Å². The minimum absolute atomic E-state index is 0.117. The SMILES string of the molecule is CC(C)(C)OC(=O)NC1CCC(Nc2cc(Br)cnc2Cl)C1. The van der Waals surface area contributed by atoms with Gasteiger partial charge < -0.3 is 15.4 Å². The first-order chi connectivity index (χ1) is 10.2. The Kier molecular flexibility index (Phi) is 5.55. The van der Waals surface area contributed by atoms with E-state index in [4.69, 9.17) is 16.3 Å². The largest absolute Gasteiger partial charge is 0.444 e. The van der Waals surface area contributed by atoms with Crippen molar-refractivity contribution < 1.29 is 9.53 Å². The number of carbonyl (C=O) groups excluding carboxylic acids is 1. The molecule has 0 aliphatic heterocycles. The first kappa shape index (κ1) is 17.3. The Bertz CT molecular complexity index is 548. The number of ether oxygens (including phenoxy) is 1. The van der Waals surface area contributed by atoms with Crippen LogP contribution in [0.15, 0.2) is 16.7 Å². The van der Waals surface area contributed by atoms with Crippen LogP contribution in [0, 0.1) is 0 Å². The summed E-state index contributed by atoms with van der Waals surface area (Å²) in [4.78, 5) is 15.9. The molecule has 7 heteroatoms. The molecule has 1 aliphatic carbocycles. The van der Waals surface area contributed by atoms with E-state index in [-0.39, 0.29) is 18.2 Å². The highest BCUT2D eigenvalue weighted by Gasteiger charge is 2.28. The fraction of sp³-hybridized carbons (Fsp3) is 0.600. The molecule has 2 N–H and O–H groups in total. The molecule has 0 radical (unpaired) electrons. The van der Waals surface area contributed by atoms with E-state index in [0.29, 0.717) is 5.15 Å². The number of alkyl carbamates (subject to hydrolysis) is 1. The van der Waals surface area contributed by atoms with Crippen molar-refractivity contribution >= 4 is 39.3 Å². The third-order valence-electron chi connectivity index (χ3n) is 3.32. The number of pyridine rings is 1. The Hall–Kier alpha value is -1.01. The number of anilines is 1. The van der Waals surface area contributed by atoms with E-state index < -0.39 is 5.60 Å². The van der Waals surface area contributed by atoms with Gasteiger partial charge in [-0.05, 0) is 62.0 Å². The van der Waals surface area contributed by atoms with Gasteiger partial charge in [0.2, 0.25) is 0 Å². The third-order valence-corrected chi connectivity index (χ3v) is 4.05. The molecule has 0 aromatic carbocycles. The van der Waals surface area contributed by atoms with Crippen LogP contribution < -0.4 is 10.6 Å². The van der Waals surface area contributed by atoms with Crippen molar-refractivity contribution in [2.75, 3.05) is 5.32 Å². The van der Waals surface area contributed by atoms with Crippen LogP contribution in [0.5, 0.6) is 0 Å². The summed E-state index contributed by atoms with van der Waals surface area (Å²) >= 11 is 9.47. The molecule has 1 aliphatic rings. The summed E-state index contributed by atoms with van der Waals surface area (Å²) in [6, 6.07) is 2.28. The predicted molar refractivity (Wildman–Crippen MR) is 91.4 cm³/mol. The van der Waals surface area contributed by atoms with Gasteiger partial charge in [0.1, 0.15) is 5.60 Å². The van der Waals surface area contributed by atoms with Gasteiger partial charge in [-0.25, -0.2) is 9.78 Å². The first-order valence-corrected chi connectivity index (χ1v) is 8.47. The monoisotopic (exact) mass is 389 g/mol. The summed E-state index contributed by atoms with van der Waals surface area (Å²) in [6.07, 6.45) is 4.01. The predicted octanol–water partition coefficient (Wildman–Crippen LogP) is 4.36. The van der Waals surface area contributed by atoms with Gasteiger partial charge in [-0.15, -0.1) is 0 Å². The lowest BCUT2D eigenvalue weighted by molar-refractivity contribution is 0.0505. The van der Waals surface area contributed by atoms with Crippen LogP contribution in [0.25, 0.3) is 0 Å². The minimum atomic E-state index is -0.476. The summed E-state index contributed by atoms with van der Waals surface area (Å²) in [5.41, 5.74) is 0.328. The van der Waals surface area contributed by atoms with Gasteiger partial charge in [-0.3, -0.25) is 0 Å². The molecular formula is C15H21BrClN3O2. The third kappa shape index (κ3) is 5.32. The molecule has 0 spiro atoms. The number of rotatable bonds is 3. The van der Waals surface area contributed by atoms with E-state index in [1.165, 1.54) is 0 Å². The Balaban J connectivity index is 1.85. The molecule has 22 heavy (non-hydrogen) atoms.